The third-order valence-corrected chi connectivity index (χ3v) is 14.9. The zero-order valence-electron chi connectivity index (χ0n) is 42.7. The molecule has 0 unspecified atom stereocenters. The first-order valence-corrected chi connectivity index (χ1v) is 25.2. The molecule has 0 saturated carbocycles. The highest BCUT2D eigenvalue weighted by atomic mass is 15.0. The highest BCUT2D eigenvalue weighted by Gasteiger charge is 2.25. The maximum absolute atomic E-state index is 11.9. The molecule has 82 heavy (non-hydrogen) atoms. The Bertz CT molecular complexity index is 4750. The fraction of sp³-hybridized carbons (Fsp3) is 0. The SMILES string of the molecule is N#Cc1cccc(-c2cc(-n3c4ccc(-c5ccc(C#N)cc5C#N)cc4c4cc(-c5ccc(C#N)cc5C#N)ccc43)c(C#N)c(-n3c4ccc(-c5ccc(C#N)cc5C#N)cc4c4cc(-c5ccc(C#N)cc5C#N)ccc43)c2)c1. The summed E-state index contributed by atoms with van der Waals surface area (Å²) in [5.41, 5.74) is 13.4. The van der Waals surface area contributed by atoms with Gasteiger partial charge in [-0.2, -0.15) is 52.6 Å². The zero-order valence-corrected chi connectivity index (χ0v) is 42.7. The van der Waals surface area contributed by atoms with Gasteiger partial charge in [0.05, 0.1) is 138 Å². The third-order valence-electron chi connectivity index (χ3n) is 14.9. The molecule has 12 aromatic rings. The molecule has 12 rings (SSSR count). The molecule has 370 valence electrons. The minimum atomic E-state index is 0.259. The summed E-state index contributed by atoms with van der Waals surface area (Å²) in [5, 5.41) is 105. The Morgan fingerprint density at radius 1 is 0.232 bits per heavy atom. The molecular weight excluding hydrogens is 1010 g/mol. The van der Waals surface area contributed by atoms with E-state index in [0.29, 0.717) is 139 Å². The van der Waals surface area contributed by atoms with Crippen LogP contribution in [-0.4, -0.2) is 9.13 Å². The lowest BCUT2D eigenvalue weighted by molar-refractivity contribution is 1.12. The topological polar surface area (TPSA) is 248 Å². The molecule has 0 N–H and O–H groups in total. The van der Waals surface area contributed by atoms with Crippen LogP contribution in [0.25, 0.3) is 111 Å². The van der Waals surface area contributed by atoms with Crippen LogP contribution < -0.4 is 0 Å². The van der Waals surface area contributed by atoms with Crippen LogP contribution in [0.4, 0.5) is 0 Å². The molecular formula is C70H30N12. The summed E-state index contributed by atoms with van der Waals surface area (Å²) in [4.78, 5) is 0. The van der Waals surface area contributed by atoms with Gasteiger partial charge in [0.2, 0.25) is 0 Å². The molecule has 0 fully saturated rings. The molecule has 0 aliphatic rings. The maximum Gasteiger partial charge on any atom is 0.104 e. The van der Waals surface area contributed by atoms with E-state index in [2.05, 4.69) is 60.7 Å². The summed E-state index contributed by atoms with van der Waals surface area (Å²) in [7, 11) is 0. The largest absolute Gasteiger partial charge is 0.308 e. The molecule has 10 aromatic carbocycles. The summed E-state index contributed by atoms with van der Waals surface area (Å²) in [6.07, 6.45) is 0. The number of benzene rings is 10. The van der Waals surface area contributed by atoms with E-state index in [1.165, 1.54) is 0 Å². The second kappa shape index (κ2) is 20.0. The lowest BCUT2D eigenvalue weighted by Gasteiger charge is -2.19. The van der Waals surface area contributed by atoms with E-state index >= 15 is 0 Å². The van der Waals surface area contributed by atoms with Crippen LogP contribution in [0.1, 0.15) is 55.6 Å². The van der Waals surface area contributed by atoms with Crippen molar-refractivity contribution < 1.29 is 0 Å². The number of aromatic nitrogens is 2. The minimum Gasteiger partial charge on any atom is -0.308 e. The van der Waals surface area contributed by atoms with Gasteiger partial charge in [-0.25, -0.2) is 0 Å². The first-order chi connectivity index (χ1) is 40.2. The van der Waals surface area contributed by atoms with Crippen molar-refractivity contribution in [3.63, 3.8) is 0 Å². The van der Waals surface area contributed by atoms with Crippen LogP contribution in [0.2, 0.25) is 0 Å². The molecule has 12 nitrogen and oxygen atoms in total. The van der Waals surface area contributed by atoms with Crippen molar-refractivity contribution in [3.05, 3.63) is 238 Å². The highest BCUT2D eigenvalue weighted by Crippen LogP contribution is 2.44. The Morgan fingerprint density at radius 2 is 0.537 bits per heavy atom. The van der Waals surface area contributed by atoms with E-state index < -0.39 is 0 Å². The van der Waals surface area contributed by atoms with Crippen LogP contribution in [0.15, 0.2) is 182 Å². The summed E-state index contributed by atoms with van der Waals surface area (Å²) in [6.45, 7) is 0. The monoisotopic (exact) mass is 1040 g/mol. The first kappa shape index (κ1) is 49.6. The van der Waals surface area contributed by atoms with Gasteiger partial charge in [0.15, 0.2) is 0 Å². The summed E-state index contributed by atoms with van der Waals surface area (Å²) < 4.78 is 4.03. The van der Waals surface area contributed by atoms with Crippen LogP contribution in [0.3, 0.4) is 0 Å². The van der Waals surface area contributed by atoms with E-state index in [9.17, 15) is 52.6 Å². The Kier molecular flexibility index (Phi) is 12.1. The van der Waals surface area contributed by atoms with E-state index in [-0.39, 0.29) is 5.56 Å². The number of nitriles is 10. The molecule has 0 bridgehead atoms. The van der Waals surface area contributed by atoms with Crippen LogP contribution >= 0.6 is 0 Å². The molecule has 0 saturated heterocycles. The molecule has 0 amide bonds. The summed E-state index contributed by atoms with van der Waals surface area (Å²) in [6, 6.07) is 76.4. The standard InChI is InChI=1S/C70H30N12/c71-31-41-2-1-3-46(20-41)51-29-69(81-65-16-8-47(56-12-4-42(32-72)21-52(56)36-76)25-60(65)61-26-48(9-17-66(61)81)57-13-5-43(33-73)22-53(57)37-77)64(40-80)70(30-51)82-67-18-10-49(58-14-6-44(34-74)23-54(58)38-78)27-62(67)63-28-50(11-19-68(63)82)59-15-7-45(35-75)24-55(59)39-79/h1-30H. The lowest BCUT2D eigenvalue weighted by Crippen LogP contribution is -2.05. The predicted molar refractivity (Wildman–Crippen MR) is 309 cm³/mol. The molecule has 0 atom stereocenters. The Balaban J connectivity index is 1.19. The maximum atomic E-state index is 11.9. The van der Waals surface area contributed by atoms with E-state index in [1.807, 2.05) is 100 Å². The fourth-order valence-electron chi connectivity index (χ4n) is 11.1. The average molecular weight is 1040 g/mol. The lowest BCUT2D eigenvalue weighted by atomic mass is 9.95. The van der Waals surface area contributed by atoms with Crippen molar-refractivity contribution in [1.82, 2.24) is 9.13 Å². The molecule has 2 aromatic heterocycles. The van der Waals surface area contributed by atoms with Crippen molar-refractivity contribution in [2.75, 3.05) is 0 Å². The van der Waals surface area contributed by atoms with Crippen LogP contribution in [-0.2, 0) is 0 Å². The smallest absolute Gasteiger partial charge is 0.104 e. The first-order valence-electron chi connectivity index (χ1n) is 25.2. The van der Waals surface area contributed by atoms with Gasteiger partial charge in [0, 0.05) is 21.5 Å². The van der Waals surface area contributed by atoms with Gasteiger partial charge in [0.1, 0.15) is 11.6 Å². The number of nitrogens with zero attached hydrogens (tertiary/aromatic N) is 12. The number of fused-ring (bicyclic) bond motifs is 6. The van der Waals surface area contributed by atoms with E-state index in [1.54, 1.807) is 91.0 Å². The molecule has 2 heterocycles. The number of hydrogen-bond donors (Lipinski definition) is 0. The van der Waals surface area contributed by atoms with Crippen LogP contribution in [0.5, 0.6) is 0 Å². The van der Waals surface area contributed by atoms with E-state index in [0.717, 1.165) is 21.5 Å². The van der Waals surface area contributed by atoms with Gasteiger partial charge in [-0.05, 0) is 177 Å². The Morgan fingerprint density at radius 3 is 0.817 bits per heavy atom. The second-order valence-corrected chi connectivity index (χ2v) is 19.2. The van der Waals surface area contributed by atoms with Gasteiger partial charge < -0.3 is 9.13 Å². The quantitative estimate of drug-likeness (QED) is 0.146. The normalized spacial score (nSPS) is 10.6. The van der Waals surface area contributed by atoms with Crippen molar-refractivity contribution in [2.45, 2.75) is 0 Å². The minimum absolute atomic E-state index is 0.259. The average Bonchev–Trinajstić information content (AvgIpc) is 4.15. The third kappa shape index (κ3) is 8.09. The molecule has 0 radical (unpaired) electrons. The molecule has 0 spiro atoms. The van der Waals surface area contributed by atoms with Gasteiger partial charge in [-0.1, -0.05) is 60.7 Å². The van der Waals surface area contributed by atoms with Gasteiger partial charge >= 0.3 is 0 Å². The molecule has 0 aliphatic heterocycles. The fourth-order valence-corrected chi connectivity index (χ4v) is 11.1. The van der Waals surface area contributed by atoms with Gasteiger partial charge in [0.25, 0.3) is 0 Å². The van der Waals surface area contributed by atoms with Crippen molar-refractivity contribution >= 4 is 43.6 Å². The zero-order chi connectivity index (χ0) is 56.8. The molecule has 0 aliphatic carbocycles. The Labute approximate surface area is 468 Å². The summed E-state index contributed by atoms with van der Waals surface area (Å²) in [5.74, 6) is 0. The van der Waals surface area contributed by atoms with Crippen molar-refractivity contribution in [2.24, 2.45) is 0 Å². The second-order valence-electron chi connectivity index (χ2n) is 19.2. The van der Waals surface area contributed by atoms with Crippen molar-refractivity contribution in [1.29, 1.82) is 52.6 Å². The Hall–Kier alpha value is -13.3. The van der Waals surface area contributed by atoms with Crippen molar-refractivity contribution in [3.8, 4) is 128 Å². The van der Waals surface area contributed by atoms with E-state index in [4.69, 9.17) is 0 Å². The predicted octanol–water partition coefficient (Wildman–Crippen LogP) is 14.9. The van der Waals surface area contributed by atoms with Gasteiger partial charge in [-0.3, -0.25) is 0 Å². The highest BCUT2D eigenvalue weighted by molar-refractivity contribution is 6.14. The molecule has 12 heteroatoms. The van der Waals surface area contributed by atoms with Crippen LogP contribution in [0, 0.1) is 113 Å². The number of hydrogen-bond acceptors (Lipinski definition) is 10. The van der Waals surface area contributed by atoms with Gasteiger partial charge in [-0.15, -0.1) is 0 Å². The number of rotatable bonds is 7. The summed E-state index contributed by atoms with van der Waals surface area (Å²) >= 11 is 0.